The Bertz CT molecular complexity index is 361. The molecule has 0 amide bonds. The van der Waals surface area contributed by atoms with Crippen LogP contribution < -0.4 is 10.9 Å². The zero-order valence-electron chi connectivity index (χ0n) is 12.2. The molecule has 0 saturated carbocycles. The first-order chi connectivity index (χ1) is 8.15. The second-order valence-corrected chi connectivity index (χ2v) is 3.88. The van der Waals surface area contributed by atoms with E-state index in [1.165, 1.54) is 0 Å². The minimum Gasteiger partial charge on any atom is -0.345 e. The normalized spacial score (nSPS) is 11.0. The van der Waals surface area contributed by atoms with Crippen molar-refractivity contribution in [2.45, 2.75) is 46.7 Å². The summed E-state index contributed by atoms with van der Waals surface area (Å²) >= 11 is 0. The van der Waals surface area contributed by atoms with E-state index in [-0.39, 0.29) is 38.3 Å². The Balaban J connectivity index is 0. The first-order valence-corrected chi connectivity index (χ1v) is 6.35. The SMILES string of the molecule is CC.CNC(C)C.O=c1cccc2n1CC[CH-]2.[Y]. The molecule has 0 aromatic carbocycles. The monoisotopic (exact) mass is 326 g/mol. The predicted octanol–water partition coefficient (Wildman–Crippen LogP) is 2.44. The number of hydrogen-bond acceptors (Lipinski definition) is 2. The Morgan fingerprint density at radius 1 is 1.33 bits per heavy atom. The maximum Gasteiger partial charge on any atom is 0.246 e. The van der Waals surface area contributed by atoms with E-state index in [1.807, 2.05) is 27.0 Å². The van der Waals surface area contributed by atoms with Gasteiger partial charge in [0.25, 0.3) is 0 Å². The van der Waals surface area contributed by atoms with Gasteiger partial charge in [-0.25, -0.2) is 6.42 Å². The van der Waals surface area contributed by atoms with Crippen molar-refractivity contribution < 1.29 is 32.7 Å². The third-order valence-electron chi connectivity index (χ3n) is 2.37. The number of fused-ring (bicyclic) bond motifs is 1. The Morgan fingerprint density at radius 3 is 2.33 bits per heavy atom. The van der Waals surface area contributed by atoms with Crippen LogP contribution in [0.2, 0.25) is 0 Å². The Hall–Kier alpha value is -0.116. The van der Waals surface area contributed by atoms with Crippen molar-refractivity contribution in [1.82, 2.24) is 9.88 Å². The van der Waals surface area contributed by atoms with Crippen LogP contribution in [0.15, 0.2) is 23.0 Å². The van der Waals surface area contributed by atoms with E-state index in [4.69, 9.17) is 0 Å². The molecular formula is C14H25N2OY-. The van der Waals surface area contributed by atoms with Gasteiger partial charge in [-0.15, -0.1) is 11.8 Å². The molecule has 0 saturated heterocycles. The Kier molecular flexibility index (Phi) is 13.4. The first kappa shape index (κ1) is 20.2. The predicted molar refractivity (Wildman–Crippen MR) is 74.3 cm³/mol. The topological polar surface area (TPSA) is 34.0 Å². The largest absolute Gasteiger partial charge is 0.345 e. The average molecular weight is 326 g/mol. The van der Waals surface area contributed by atoms with Crippen LogP contribution in [-0.2, 0) is 39.3 Å². The number of aromatic nitrogens is 1. The van der Waals surface area contributed by atoms with E-state index in [1.54, 1.807) is 16.7 Å². The third-order valence-corrected chi connectivity index (χ3v) is 2.37. The summed E-state index contributed by atoms with van der Waals surface area (Å²) < 4.78 is 1.79. The van der Waals surface area contributed by atoms with Gasteiger partial charge in [0.15, 0.2) is 0 Å². The summed E-state index contributed by atoms with van der Waals surface area (Å²) in [4.78, 5) is 11.1. The Morgan fingerprint density at radius 2 is 1.89 bits per heavy atom. The van der Waals surface area contributed by atoms with E-state index in [0.29, 0.717) is 6.04 Å². The molecule has 0 unspecified atom stereocenters. The van der Waals surface area contributed by atoms with Crippen LogP contribution in [0.4, 0.5) is 0 Å². The van der Waals surface area contributed by atoms with E-state index in [9.17, 15) is 4.79 Å². The molecule has 3 nitrogen and oxygen atoms in total. The van der Waals surface area contributed by atoms with Gasteiger partial charge in [-0.2, -0.15) is 6.07 Å². The summed E-state index contributed by atoms with van der Waals surface area (Å²) in [5, 5.41) is 3.03. The molecule has 0 spiro atoms. The fraction of sp³-hybridized carbons (Fsp3) is 0.571. The summed E-state index contributed by atoms with van der Waals surface area (Å²) in [6.45, 7) is 9.08. The standard InChI is InChI=1S/C8H8NO.C4H11N.C2H6.Y/c10-8-5-1-3-7-4-2-6-9(7)8;1-4(2)5-3;1-2;/h1,3-5H,2,6H2;4-5H,1-3H3;1-2H3;/q-1;;;. The average Bonchev–Trinajstić information content (AvgIpc) is 2.82. The summed E-state index contributed by atoms with van der Waals surface area (Å²) in [5.41, 5.74) is 1.18. The fourth-order valence-corrected chi connectivity index (χ4v) is 1.30. The van der Waals surface area contributed by atoms with Gasteiger partial charge in [-0.1, -0.05) is 34.1 Å². The second-order valence-electron chi connectivity index (χ2n) is 3.88. The summed E-state index contributed by atoms with van der Waals surface area (Å²) in [7, 11) is 1.95. The van der Waals surface area contributed by atoms with Crippen molar-refractivity contribution in [3.63, 3.8) is 0 Å². The van der Waals surface area contributed by atoms with E-state index in [2.05, 4.69) is 25.6 Å². The molecule has 0 atom stereocenters. The van der Waals surface area contributed by atoms with Crippen LogP contribution in [0.1, 0.15) is 39.8 Å². The van der Waals surface area contributed by atoms with Crippen LogP contribution in [0.5, 0.6) is 0 Å². The van der Waals surface area contributed by atoms with Crippen LogP contribution in [0, 0.1) is 6.42 Å². The van der Waals surface area contributed by atoms with Crippen LogP contribution in [0.25, 0.3) is 0 Å². The molecular weight excluding hydrogens is 301 g/mol. The van der Waals surface area contributed by atoms with Crippen molar-refractivity contribution >= 4 is 0 Å². The molecule has 101 valence electrons. The molecule has 1 aromatic heterocycles. The maximum absolute atomic E-state index is 11.1. The van der Waals surface area contributed by atoms with E-state index < -0.39 is 0 Å². The van der Waals surface area contributed by atoms with Gasteiger partial charge < -0.3 is 9.88 Å². The van der Waals surface area contributed by atoms with Gasteiger partial charge in [-0.3, -0.25) is 4.79 Å². The van der Waals surface area contributed by atoms with Crippen molar-refractivity contribution in [1.29, 1.82) is 0 Å². The van der Waals surface area contributed by atoms with Gasteiger partial charge in [-0.05, 0) is 13.1 Å². The molecule has 4 heteroatoms. The zero-order chi connectivity index (χ0) is 13.3. The molecule has 1 radical (unpaired) electrons. The van der Waals surface area contributed by atoms with Gasteiger partial charge in [0.05, 0.1) is 0 Å². The maximum atomic E-state index is 11.1. The van der Waals surface area contributed by atoms with Crippen molar-refractivity contribution in [3.8, 4) is 0 Å². The molecule has 18 heavy (non-hydrogen) atoms. The molecule has 0 aliphatic carbocycles. The molecule has 0 bridgehead atoms. The van der Waals surface area contributed by atoms with E-state index >= 15 is 0 Å². The van der Waals surface area contributed by atoms with Gasteiger partial charge in [0.2, 0.25) is 5.56 Å². The van der Waals surface area contributed by atoms with Crippen LogP contribution in [0.3, 0.4) is 0 Å². The van der Waals surface area contributed by atoms with Crippen molar-refractivity contribution in [2.24, 2.45) is 0 Å². The minimum absolute atomic E-state index is 0. The third kappa shape index (κ3) is 7.35. The number of hydrogen-bond donors (Lipinski definition) is 1. The van der Waals surface area contributed by atoms with Crippen LogP contribution >= 0.6 is 0 Å². The molecule has 1 N–H and O–H groups in total. The summed E-state index contributed by atoms with van der Waals surface area (Å²) in [6.07, 6.45) is 3.08. The molecule has 1 aromatic rings. The van der Waals surface area contributed by atoms with E-state index in [0.717, 1.165) is 18.7 Å². The zero-order valence-corrected chi connectivity index (χ0v) is 15.1. The number of nitrogens with one attached hydrogen (secondary N) is 1. The Labute approximate surface area is 136 Å². The molecule has 2 rings (SSSR count). The number of nitrogens with zero attached hydrogens (tertiary/aromatic N) is 1. The number of rotatable bonds is 1. The molecule has 0 fully saturated rings. The van der Waals surface area contributed by atoms with Gasteiger partial charge in [0, 0.05) is 45.3 Å². The first-order valence-electron chi connectivity index (χ1n) is 6.35. The summed E-state index contributed by atoms with van der Waals surface area (Å²) in [5.74, 6) is 0. The molecule has 2 heterocycles. The minimum atomic E-state index is 0. The van der Waals surface area contributed by atoms with Gasteiger partial charge in [0.1, 0.15) is 0 Å². The van der Waals surface area contributed by atoms with Crippen molar-refractivity contribution in [2.75, 3.05) is 7.05 Å². The second kappa shape index (κ2) is 11.9. The molecule has 1 aliphatic rings. The van der Waals surface area contributed by atoms with Crippen LogP contribution in [-0.4, -0.2) is 17.7 Å². The van der Waals surface area contributed by atoms with Crippen molar-refractivity contribution in [3.05, 3.63) is 40.7 Å². The smallest absolute Gasteiger partial charge is 0.246 e. The summed E-state index contributed by atoms with van der Waals surface area (Å²) in [6, 6.07) is 6.00. The fourth-order valence-electron chi connectivity index (χ4n) is 1.30. The van der Waals surface area contributed by atoms with Gasteiger partial charge >= 0.3 is 0 Å². The quantitative estimate of drug-likeness (QED) is 0.805. The molecule has 1 aliphatic heterocycles. The number of pyridine rings is 1.